The maximum Gasteiger partial charge on any atom is 0.200 e. The number of fused-ring (bicyclic) bond motifs is 1. The maximum absolute atomic E-state index is 4.20. The van der Waals surface area contributed by atoms with Crippen LogP contribution in [0.25, 0.3) is 11.5 Å². The summed E-state index contributed by atoms with van der Waals surface area (Å²) in [5.74, 6) is 0.678. The summed E-state index contributed by atoms with van der Waals surface area (Å²) in [7, 11) is 0. The number of hydrogen-bond donors (Lipinski definition) is 0. The highest BCUT2D eigenvalue weighted by Gasteiger charge is 2.03. The van der Waals surface area contributed by atoms with E-state index < -0.39 is 0 Å². The minimum Gasteiger partial charge on any atom is -0.220 e. The van der Waals surface area contributed by atoms with Gasteiger partial charge in [-0.3, -0.25) is 0 Å². The van der Waals surface area contributed by atoms with Crippen LogP contribution >= 0.6 is 22.6 Å². The lowest BCUT2D eigenvalue weighted by Gasteiger charge is -1.98. The first-order chi connectivity index (χ1) is 7.33. The number of nitrogens with zero attached hydrogens (tertiary/aromatic N) is 7. The van der Waals surface area contributed by atoms with Gasteiger partial charge in [-0.15, -0.1) is 14.8 Å². The lowest BCUT2D eigenvalue weighted by atomic mass is 10.5. The van der Waals surface area contributed by atoms with Crippen LogP contribution in [0.2, 0.25) is 0 Å². The number of halogens is 1. The minimum absolute atomic E-state index is 0.612. The molecule has 0 atom stereocenters. The molecular formula is C7H4IN7. The highest BCUT2D eigenvalue weighted by Crippen LogP contribution is 2.07. The Labute approximate surface area is 97.2 Å². The summed E-state index contributed by atoms with van der Waals surface area (Å²) in [4.78, 5) is 0. The molecule has 0 saturated heterocycles. The smallest absolute Gasteiger partial charge is 0.200 e. The van der Waals surface area contributed by atoms with Gasteiger partial charge in [0.15, 0.2) is 11.5 Å². The van der Waals surface area contributed by atoms with Crippen LogP contribution in [0.4, 0.5) is 0 Å². The molecule has 0 unspecified atom stereocenters. The van der Waals surface area contributed by atoms with Crippen LogP contribution in [0.1, 0.15) is 0 Å². The molecule has 0 bridgehead atoms. The van der Waals surface area contributed by atoms with Gasteiger partial charge < -0.3 is 0 Å². The molecule has 3 aromatic heterocycles. The third-order valence-corrected chi connectivity index (χ3v) is 2.40. The van der Waals surface area contributed by atoms with E-state index in [2.05, 4.69) is 48.3 Å². The van der Waals surface area contributed by atoms with E-state index in [1.807, 2.05) is 12.3 Å². The molecule has 7 nitrogen and oxygen atoms in total. The molecule has 3 rings (SSSR count). The number of rotatable bonds is 1. The fraction of sp³-hybridized carbons (Fsp3) is 0. The van der Waals surface area contributed by atoms with Gasteiger partial charge in [0.05, 0.1) is 9.77 Å². The van der Waals surface area contributed by atoms with E-state index in [-0.39, 0.29) is 0 Å². The molecule has 0 amide bonds. The number of aromatic nitrogens is 7. The summed E-state index contributed by atoms with van der Waals surface area (Å²) in [6.45, 7) is 0. The number of hydrogen-bond acceptors (Lipinski definition) is 5. The Hall–Kier alpha value is -1.58. The van der Waals surface area contributed by atoms with Gasteiger partial charge in [0.25, 0.3) is 0 Å². The molecule has 3 aromatic rings. The molecule has 0 saturated carbocycles. The molecule has 0 N–H and O–H groups in total. The third kappa shape index (κ3) is 1.46. The van der Waals surface area contributed by atoms with E-state index in [4.69, 9.17) is 0 Å². The van der Waals surface area contributed by atoms with Crippen molar-refractivity contribution < 1.29 is 0 Å². The highest BCUT2D eigenvalue weighted by atomic mass is 127. The van der Waals surface area contributed by atoms with E-state index in [0.717, 1.165) is 3.57 Å². The Morgan fingerprint density at radius 1 is 1.27 bits per heavy atom. The van der Waals surface area contributed by atoms with Crippen LogP contribution < -0.4 is 0 Å². The Kier molecular flexibility index (Phi) is 1.87. The summed E-state index contributed by atoms with van der Waals surface area (Å²) >= 11 is 2.19. The van der Waals surface area contributed by atoms with E-state index >= 15 is 0 Å². The van der Waals surface area contributed by atoms with E-state index in [1.165, 1.54) is 4.63 Å². The van der Waals surface area contributed by atoms with Gasteiger partial charge in [-0.05, 0) is 45.2 Å². The molecule has 0 fully saturated rings. The monoisotopic (exact) mass is 313 g/mol. The second-order valence-corrected chi connectivity index (χ2v) is 4.07. The molecule has 3 heterocycles. The molecule has 8 heteroatoms. The molecule has 0 aliphatic carbocycles. The highest BCUT2D eigenvalue weighted by molar-refractivity contribution is 14.1. The zero-order valence-electron chi connectivity index (χ0n) is 7.32. The summed E-state index contributed by atoms with van der Waals surface area (Å²) < 4.78 is 4.08. The second kappa shape index (κ2) is 3.22. The summed E-state index contributed by atoms with van der Waals surface area (Å²) in [6.07, 6.45) is 3.63. The standard InChI is InChI=1S/C7H4IN7/c8-5-3-9-14(4-5)7-2-1-6-10-12-13-15(6)11-7/h1-4H. The first-order valence-electron chi connectivity index (χ1n) is 4.09. The van der Waals surface area contributed by atoms with Gasteiger partial charge in [0.2, 0.25) is 0 Å². The predicted octanol–water partition coefficient (Wildman–Crippen LogP) is 0.310. The molecular weight excluding hydrogens is 309 g/mol. The Morgan fingerprint density at radius 3 is 3.00 bits per heavy atom. The van der Waals surface area contributed by atoms with Gasteiger partial charge in [-0.25, -0.2) is 4.68 Å². The van der Waals surface area contributed by atoms with Crippen molar-refractivity contribution in [3.8, 4) is 5.82 Å². The van der Waals surface area contributed by atoms with Gasteiger partial charge >= 0.3 is 0 Å². The van der Waals surface area contributed by atoms with Gasteiger partial charge in [-0.1, -0.05) is 0 Å². The van der Waals surface area contributed by atoms with E-state index in [1.54, 1.807) is 16.9 Å². The zero-order valence-corrected chi connectivity index (χ0v) is 9.48. The quantitative estimate of drug-likeness (QED) is 0.605. The van der Waals surface area contributed by atoms with Crippen molar-refractivity contribution in [2.45, 2.75) is 0 Å². The van der Waals surface area contributed by atoms with Gasteiger partial charge in [0, 0.05) is 6.20 Å². The third-order valence-electron chi connectivity index (χ3n) is 1.84. The van der Waals surface area contributed by atoms with Crippen molar-refractivity contribution in [2.75, 3.05) is 0 Å². The SMILES string of the molecule is Ic1cnn(-c2ccc3nnnn3n2)c1. The van der Waals surface area contributed by atoms with Crippen LogP contribution in [0.5, 0.6) is 0 Å². The van der Waals surface area contributed by atoms with Crippen molar-refractivity contribution in [1.29, 1.82) is 0 Å². The molecule has 74 valence electrons. The van der Waals surface area contributed by atoms with Crippen molar-refractivity contribution in [3.05, 3.63) is 28.1 Å². The lowest BCUT2D eigenvalue weighted by molar-refractivity contribution is 0.702. The van der Waals surface area contributed by atoms with Crippen LogP contribution in [0, 0.1) is 3.57 Å². The Morgan fingerprint density at radius 2 is 2.20 bits per heavy atom. The second-order valence-electron chi connectivity index (χ2n) is 2.82. The van der Waals surface area contributed by atoms with Crippen LogP contribution in [-0.4, -0.2) is 35.0 Å². The lowest BCUT2D eigenvalue weighted by Crippen LogP contribution is -2.03. The van der Waals surface area contributed by atoms with Gasteiger partial charge in [-0.2, -0.15) is 5.10 Å². The van der Waals surface area contributed by atoms with E-state index in [0.29, 0.717) is 11.5 Å². The Bertz CT molecular complexity index is 612. The first kappa shape index (κ1) is 8.71. The summed E-state index contributed by atoms with van der Waals surface area (Å²) in [6, 6.07) is 3.60. The van der Waals surface area contributed by atoms with E-state index in [9.17, 15) is 0 Å². The van der Waals surface area contributed by atoms with Crippen molar-refractivity contribution in [3.63, 3.8) is 0 Å². The molecule has 0 radical (unpaired) electrons. The Balaban J connectivity index is 2.18. The van der Waals surface area contributed by atoms with Crippen LogP contribution in [0.3, 0.4) is 0 Å². The molecule has 0 aromatic carbocycles. The largest absolute Gasteiger partial charge is 0.220 e. The van der Waals surface area contributed by atoms with Gasteiger partial charge in [0.1, 0.15) is 0 Å². The van der Waals surface area contributed by atoms with Crippen molar-refractivity contribution in [1.82, 2.24) is 35.0 Å². The first-order valence-corrected chi connectivity index (χ1v) is 5.17. The summed E-state index contributed by atoms with van der Waals surface area (Å²) in [5.41, 5.74) is 0.612. The van der Waals surface area contributed by atoms with Crippen LogP contribution in [0.15, 0.2) is 24.5 Å². The van der Waals surface area contributed by atoms with Crippen molar-refractivity contribution >= 4 is 28.2 Å². The summed E-state index contributed by atoms with van der Waals surface area (Å²) in [5, 5.41) is 19.3. The molecule has 15 heavy (non-hydrogen) atoms. The molecule has 0 aliphatic rings. The van der Waals surface area contributed by atoms with Crippen LogP contribution in [-0.2, 0) is 0 Å². The molecule has 0 spiro atoms. The van der Waals surface area contributed by atoms with Crippen molar-refractivity contribution in [2.24, 2.45) is 0 Å². The predicted molar refractivity (Wildman–Crippen MR) is 58.4 cm³/mol. The number of tetrazole rings is 1. The fourth-order valence-corrected chi connectivity index (χ4v) is 1.58. The maximum atomic E-state index is 4.20. The molecule has 0 aliphatic heterocycles. The average Bonchev–Trinajstić information content (AvgIpc) is 2.84. The fourth-order valence-electron chi connectivity index (χ4n) is 1.19. The zero-order chi connectivity index (χ0) is 10.3. The average molecular weight is 313 g/mol. The topological polar surface area (TPSA) is 73.8 Å². The normalized spacial score (nSPS) is 11.0. The minimum atomic E-state index is 0.612.